The smallest absolute Gasteiger partial charge is 0.337 e. The molecule has 17 heavy (non-hydrogen) atoms. The zero-order chi connectivity index (χ0) is 12.3. The third-order valence-electron chi connectivity index (χ3n) is 3.15. The summed E-state index contributed by atoms with van der Waals surface area (Å²) in [5.41, 5.74) is 8.20. The van der Waals surface area contributed by atoms with E-state index in [4.69, 9.17) is 10.5 Å². The molecule has 1 aliphatic heterocycles. The van der Waals surface area contributed by atoms with Gasteiger partial charge >= 0.3 is 5.97 Å². The maximum absolute atomic E-state index is 11.5. The first-order valence-corrected chi connectivity index (χ1v) is 5.95. The van der Waals surface area contributed by atoms with Gasteiger partial charge in [0.2, 0.25) is 0 Å². The summed E-state index contributed by atoms with van der Waals surface area (Å²) in [5, 5.41) is 0. The van der Waals surface area contributed by atoms with Gasteiger partial charge in [0.15, 0.2) is 0 Å². The summed E-state index contributed by atoms with van der Waals surface area (Å²) < 4.78 is 4.72. The molecule has 1 saturated heterocycles. The van der Waals surface area contributed by atoms with Crippen LogP contribution in [0.1, 0.15) is 29.6 Å². The van der Waals surface area contributed by atoms with Crippen LogP contribution in [0.5, 0.6) is 0 Å². The average Bonchev–Trinajstić information content (AvgIpc) is 2.39. The van der Waals surface area contributed by atoms with Crippen LogP contribution in [0.15, 0.2) is 18.2 Å². The van der Waals surface area contributed by atoms with Crippen LogP contribution >= 0.6 is 0 Å². The predicted molar refractivity (Wildman–Crippen MR) is 68.3 cm³/mol. The highest BCUT2D eigenvalue weighted by molar-refractivity contribution is 5.92. The molecule has 0 aromatic heterocycles. The number of methoxy groups -OCH3 is 1. The van der Waals surface area contributed by atoms with Gasteiger partial charge in [0.1, 0.15) is 0 Å². The van der Waals surface area contributed by atoms with E-state index >= 15 is 0 Å². The van der Waals surface area contributed by atoms with Crippen LogP contribution in [-0.4, -0.2) is 26.2 Å². The molecule has 0 bridgehead atoms. The Balaban J connectivity index is 2.28. The summed E-state index contributed by atoms with van der Waals surface area (Å²) in [7, 11) is 1.39. The molecule has 1 aliphatic rings. The van der Waals surface area contributed by atoms with Gasteiger partial charge < -0.3 is 15.4 Å². The van der Waals surface area contributed by atoms with Gasteiger partial charge in [-0.25, -0.2) is 4.79 Å². The summed E-state index contributed by atoms with van der Waals surface area (Å²) in [5.74, 6) is -0.316. The van der Waals surface area contributed by atoms with Crippen molar-refractivity contribution in [1.82, 2.24) is 0 Å². The third-order valence-corrected chi connectivity index (χ3v) is 3.15. The first-order chi connectivity index (χ1) is 8.22. The fourth-order valence-electron chi connectivity index (χ4n) is 2.20. The molecule has 4 nitrogen and oxygen atoms in total. The van der Waals surface area contributed by atoms with E-state index in [1.807, 2.05) is 6.07 Å². The van der Waals surface area contributed by atoms with Gasteiger partial charge in [-0.1, -0.05) is 0 Å². The van der Waals surface area contributed by atoms with E-state index in [0.29, 0.717) is 5.56 Å². The number of piperidine rings is 1. The minimum atomic E-state index is -0.316. The SMILES string of the molecule is COC(=O)c1ccc(N)c(N2CCCCC2)c1. The van der Waals surface area contributed by atoms with E-state index in [9.17, 15) is 4.79 Å². The topological polar surface area (TPSA) is 55.6 Å². The number of nitrogen functional groups attached to an aromatic ring is 1. The molecular weight excluding hydrogens is 216 g/mol. The lowest BCUT2D eigenvalue weighted by atomic mass is 10.1. The molecule has 0 aliphatic carbocycles. The van der Waals surface area contributed by atoms with Gasteiger partial charge in [-0.05, 0) is 37.5 Å². The minimum Gasteiger partial charge on any atom is -0.465 e. The maximum atomic E-state index is 11.5. The Labute approximate surface area is 101 Å². The zero-order valence-corrected chi connectivity index (χ0v) is 10.1. The molecule has 92 valence electrons. The highest BCUT2D eigenvalue weighted by atomic mass is 16.5. The second kappa shape index (κ2) is 5.08. The maximum Gasteiger partial charge on any atom is 0.337 e. The van der Waals surface area contributed by atoms with Crippen molar-refractivity contribution in [3.05, 3.63) is 23.8 Å². The first-order valence-electron chi connectivity index (χ1n) is 5.95. The molecule has 0 amide bonds. The number of anilines is 2. The number of ether oxygens (including phenoxy) is 1. The summed E-state index contributed by atoms with van der Waals surface area (Å²) in [6.45, 7) is 2.02. The second-order valence-electron chi connectivity index (χ2n) is 4.31. The Morgan fingerprint density at radius 3 is 2.65 bits per heavy atom. The Hall–Kier alpha value is -1.71. The van der Waals surface area contributed by atoms with Gasteiger partial charge in [-0.15, -0.1) is 0 Å². The molecule has 0 saturated carbocycles. The number of esters is 1. The van der Waals surface area contributed by atoms with Gasteiger partial charge in [-0.3, -0.25) is 0 Å². The van der Waals surface area contributed by atoms with Crippen molar-refractivity contribution in [1.29, 1.82) is 0 Å². The third kappa shape index (κ3) is 2.52. The van der Waals surface area contributed by atoms with Crippen molar-refractivity contribution >= 4 is 17.3 Å². The van der Waals surface area contributed by atoms with Gasteiger partial charge in [0.05, 0.1) is 24.0 Å². The quantitative estimate of drug-likeness (QED) is 0.628. The molecule has 1 heterocycles. The minimum absolute atomic E-state index is 0.316. The largest absolute Gasteiger partial charge is 0.465 e. The molecule has 2 N–H and O–H groups in total. The van der Waals surface area contributed by atoms with Crippen molar-refractivity contribution in [2.45, 2.75) is 19.3 Å². The fraction of sp³-hybridized carbons (Fsp3) is 0.462. The van der Waals surface area contributed by atoms with Crippen LogP contribution in [0, 0.1) is 0 Å². The summed E-state index contributed by atoms with van der Waals surface area (Å²) in [6, 6.07) is 5.30. The number of carbonyl (C=O) groups excluding carboxylic acids is 1. The molecule has 0 unspecified atom stereocenters. The lowest BCUT2D eigenvalue weighted by Crippen LogP contribution is -2.30. The van der Waals surface area contributed by atoms with Crippen molar-refractivity contribution in [3.8, 4) is 0 Å². The number of hydrogen-bond donors (Lipinski definition) is 1. The fourth-order valence-corrected chi connectivity index (χ4v) is 2.20. The molecule has 0 spiro atoms. The van der Waals surface area contributed by atoms with E-state index in [-0.39, 0.29) is 5.97 Å². The Kier molecular flexibility index (Phi) is 3.52. The van der Waals surface area contributed by atoms with E-state index < -0.39 is 0 Å². The van der Waals surface area contributed by atoms with Gasteiger partial charge in [0.25, 0.3) is 0 Å². The number of benzene rings is 1. The normalized spacial score (nSPS) is 15.7. The van der Waals surface area contributed by atoms with Gasteiger partial charge in [0, 0.05) is 13.1 Å². The Bertz CT molecular complexity index is 412. The van der Waals surface area contributed by atoms with Crippen LogP contribution in [-0.2, 0) is 4.74 Å². The molecule has 1 fully saturated rings. The van der Waals surface area contributed by atoms with Crippen molar-refractivity contribution in [3.63, 3.8) is 0 Å². The van der Waals surface area contributed by atoms with Crippen LogP contribution < -0.4 is 10.6 Å². The average molecular weight is 234 g/mol. The number of nitrogens with two attached hydrogens (primary N) is 1. The predicted octanol–water partition coefficient (Wildman–Crippen LogP) is 2.05. The van der Waals surface area contributed by atoms with Crippen molar-refractivity contribution in [2.24, 2.45) is 0 Å². The van der Waals surface area contributed by atoms with Crippen LogP contribution in [0.2, 0.25) is 0 Å². The highest BCUT2D eigenvalue weighted by Gasteiger charge is 2.15. The lowest BCUT2D eigenvalue weighted by Gasteiger charge is -2.30. The summed E-state index contributed by atoms with van der Waals surface area (Å²) >= 11 is 0. The molecule has 0 radical (unpaired) electrons. The monoisotopic (exact) mass is 234 g/mol. The van der Waals surface area contributed by atoms with E-state index in [0.717, 1.165) is 24.5 Å². The molecule has 0 atom stereocenters. The standard InChI is InChI=1S/C13H18N2O2/c1-17-13(16)10-5-6-11(14)12(9-10)15-7-3-2-4-8-15/h5-6,9H,2-4,7-8,14H2,1H3. The van der Waals surface area contributed by atoms with E-state index in [1.54, 1.807) is 12.1 Å². The Morgan fingerprint density at radius 1 is 1.29 bits per heavy atom. The molecule has 4 heteroatoms. The molecule has 1 aromatic rings. The van der Waals surface area contributed by atoms with E-state index in [1.165, 1.54) is 26.4 Å². The number of nitrogens with zero attached hydrogens (tertiary/aromatic N) is 1. The second-order valence-corrected chi connectivity index (χ2v) is 4.31. The Morgan fingerprint density at radius 2 is 2.00 bits per heavy atom. The first kappa shape index (κ1) is 11.8. The lowest BCUT2D eigenvalue weighted by molar-refractivity contribution is 0.0601. The van der Waals surface area contributed by atoms with E-state index in [2.05, 4.69) is 4.90 Å². The highest BCUT2D eigenvalue weighted by Crippen LogP contribution is 2.27. The summed E-state index contributed by atoms with van der Waals surface area (Å²) in [4.78, 5) is 13.7. The number of hydrogen-bond acceptors (Lipinski definition) is 4. The van der Waals surface area contributed by atoms with Crippen molar-refractivity contribution in [2.75, 3.05) is 30.8 Å². The zero-order valence-electron chi connectivity index (χ0n) is 10.1. The summed E-state index contributed by atoms with van der Waals surface area (Å²) in [6.07, 6.45) is 3.64. The van der Waals surface area contributed by atoms with Crippen molar-refractivity contribution < 1.29 is 9.53 Å². The van der Waals surface area contributed by atoms with Crippen LogP contribution in [0.25, 0.3) is 0 Å². The van der Waals surface area contributed by atoms with Crippen LogP contribution in [0.3, 0.4) is 0 Å². The number of rotatable bonds is 2. The molecule has 1 aromatic carbocycles. The number of carbonyl (C=O) groups is 1. The molecular formula is C13H18N2O2. The van der Waals surface area contributed by atoms with Crippen LogP contribution in [0.4, 0.5) is 11.4 Å². The molecule has 2 rings (SSSR count). The van der Waals surface area contributed by atoms with Gasteiger partial charge in [-0.2, -0.15) is 0 Å².